The number of tetrazole rings is 1. The maximum absolute atomic E-state index is 11.6. The minimum Gasteiger partial charge on any atom is -0.322 e. The number of benzene rings is 1. The molecule has 1 aromatic heterocycles. The molecule has 1 heterocycles. The number of rotatable bonds is 3. The van der Waals surface area contributed by atoms with Gasteiger partial charge in [-0.05, 0) is 22.6 Å². The summed E-state index contributed by atoms with van der Waals surface area (Å²) in [5.41, 5.74) is 0.383. The van der Waals surface area contributed by atoms with Crippen molar-refractivity contribution in [2.24, 2.45) is 0 Å². The minimum absolute atomic E-state index is 0.00540. The monoisotopic (exact) mass is 271 g/mol. The van der Waals surface area contributed by atoms with Gasteiger partial charge in [0.25, 0.3) is 0 Å². The topological polar surface area (TPSA) is 72.7 Å². The van der Waals surface area contributed by atoms with Gasteiger partial charge in [-0.15, -0.1) is 5.10 Å². The third-order valence-electron chi connectivity index (χ3n) is 1.92. The summed E-state index contributed by atoms with van der Waals surface area (Å²) in [7, 11) is 0. The summed E-state index contributed by atoms with van der Waals surface area (Å²) < 4.78 is 1.29. The zero-order valence-electron chi connectivity index (χ0n) is 8.47. The van der Waals surface area contributed by atoms with E-state index in [0.717, 1.165) is 0 Å². The molecule has 2 aromatic rings. The highest BCUT2D eigenvalue weighted by Gasteiger charge is 2.10. The molecular weight excluding hydrogens is 265 g/mol. The number of nitrogens with zero attached hydrogens (tertiary/aromatic N) is 4. The Balaban J connectivity index is 2.08. The Labute approximate surface area is 107 Å². The normalized spacial score (nSPS) is 10.2. The lowest BCUT2D eigenvalue weighted by Crippen LogP contribution is -2.19. The van der Waals surface area contributed by atoms with Crippen molar-refractivity contribution >= 4 is 34.8 Å². The molecule has 0 radical (unpaired) electrons. The van der Waals surface area contributed by atoms with E-state index >= 15 is 0 Å². The molecule has 0 aliphatic rings. The summed E-state index contributed by atoms with van der Waals surface area (Å²) in [6.45, 7) is -0.00540. The average Bonchev–Trinajstić information content (AvgIpc) is 2.76. The largest absolute Gasteiger partial charge is 0.322 e. The van der Waals surface area contributed by atoms with Gasteiger partial charge in [0.05, 0.1) is 15.7 Å². The summed E-state index contributed by atoms with van der Waals surface area (Å²) in [5, 5.41) is 13.8. The van der Waals surface area contributed by atoms with Crippen LogP contribution in [-0.2, 0) is 11.3 Å². The molecule has 0 saturated heterocycles. The van der Waals surface area contributed by atoms with Gasteiger partial charge in [-0.3, -0.25) is 4.79 Å². The highest BCUT2D eigenvalue weighted by atomic mass is 35.5. The minimum atomic E-state index is -0.313. The van der Waals surface area contributed by atoms with Crippen LogP contribution in [0.15, 0.2) is 24.5 Å². The maximum Gasteiger partial charge on any atom is 0.246 e. The van der Waals surface area contributed by atoms with Crippen LogP contribution in [0.1, 0.15) is 0 Å². The smallest absolute Gasteiger partial charge is 0.246 e. The van der Waals surface area contributed by atoms with E-state index in [9.17, 15) is 4.79 Å². The Morgan fingerprint density at radius 1 is 1.35 bits per heavy atom. The Kier molecular flexibility index (Phi) is 3.55. The van der Waals surface area contributed by atoms with Gasteiger partial charge in [-0.1, -0.05) is 29.3 Å². The predicted molar refractivity (Wildman–Crippen MR) is 62.9 cm³/mol. The number of hydrogen-bond acceptors (Lipinski definition) is 4. The van der Waals surface area contributed by atoms with E-state index in [2.05, 4.69) is 20.8 Å². The summed E-state index contributed by atoms with van der Waals surface area (Å²) in [4.78, 5) is 11.6. The molecule has 0 spiro atoms. The first-order valence-corrected chi connectivity index (χ1v) is 5.37. The third-order valence-corrected chi connectivity index (χ3v) is 2.55. The SMILES string of the molecule is O=C(Cn1cnnn1)Nc1c(Cl)cccc1Cl. The van der Waals surface area contributed by atoms with Crippen molar-refractivity contribution in [3.8, 4) is 0 Å². The van der Waals surface area contributed by atoms with Crippen molar-refractivity contribution in [1.29, 1.82) is 0 Å². The maximum atomic E-state index is 11.6. The first-order valence-electron chi connectivity index (χ1n) is 4.61. The van der Waals surface area contributed by atoms with Crippen LogP contribution in [-0.4, -0.2) is 26.1 Å². The predicted octanol–water partition coefficient (Wildman–Crippen LogP) is 1.62. The summed E-state index contributed by atoms with van der Waals surface area (Å²) in [5.74, 6) is -0.313. The van der Waals surface area contributed by atoms with Crippen molar-refractivity contribution in [2.45, 2.75) is 6.54 Å². The quantitative estimate of drug-likeness (QED) is 0.921. The number of nitrogens with one attached hydrogen (secondary N) is 1. The van der Waals surface area contributed by atoms with E-state index in [1.807, 2.05) is 0 Å². The van der Waals surface area contributed by atoms with Crippen LogP contribution in [0.5, 0.6) is 0 Å². The molecule has 1 aromatic carbocycles. The molecule has 88 valence electrons. The molecule has 8 heteroatoms. The molecule has 0 aliphatic heterocycles. The Morgan fingerprint density at radius 3 is 2.65 bits per heavy atom. The van der Waals surface area contributed by atoms with Crippen LogP contribution in [0.2, 0.25) is 10.0 Å². The second-order valence-electron chi connectivity index (χ2n) is 3.15. The lowest BCUT2D eigenvalue weighted by molar-refractivity contribution is -0.116. The molecule has 0 bridgehead atoms. The molecule has 0 aliphatic carbocycles. The van der Waals surface area contributed by atoms with Crippen LogP contribution in [0.25, 0.3) is 0 Å². The van der Waals surface area contributed by atoms with Crippen molar-refractivity contribution in [2.75, 3.05) is 5.32 Å². The average molecular weight is 272 g/mol. The fourth-order valence-electron chi connectivity index (χ4n) is 1.20. The molecule has 1 amide bonds. The highest BCUT2D eigenvalue weighted by Crippen LogP contribution is 2.29. The molecule has 0 saturated carbocycles. The van der Waals surface area contributed by atoms with Crippen molar-refractivity contribution in [3.05, 3.63) is 34.6 Å². The second kappa shape index (κ2) is 5.11. The first kappa shape index (κ1) is 11.8. The van der Waals surface area contributed by atoms with E-state index in [4.69, 9.17) is 23.2 Å². The Bertz CT molecular complexity index is 508. The molecular formula is C9H7Cl2N5O. The van der Waals surface area contributed by atoms with Crippen molar-refractivity contribution in [3.63, 3.8) is 0 Å². The van der Waals surface area contributed by atoms with E-state index < -0.39 is 0 Å². The molecule has 0 unspecified atom stereocenters. The van der Waals surface area contributed by atoms with Gasteiger partial charge in [0, 0.05) is 0 Å². The van der Waals surface area contributed by atoms with E-state index in [0.29, 0.717) is 15.7 Å². The lowest BCUT2D eigenvalue weighted by atomic mass is 10.3. The second-order valence-corrected chi connectivity index (χ2v) is 3.97. The van der Waals surface area contributed by atoms with Crippen molar-refractivity contribution in [1.82, 2.24) is 20.2 Å². The van der Waals surface area contributed by atoms with E-state index in [-0.39, 0.29) is 12.5 Å². The van der Waals surface area contributed by atoms with E-state index in [1.165, 1.54) is 11.0 Å². The van der Waals surface area contributed by atoms with Gasteiger partial charge < -0.3 is 5.32 Å². The third kappa shape index (κ3) is 2.92. The Hall–Kier alpha value is -1.66. The summed E-state index contributed by atoms with van der Waals surface area (Å²) in [6, 6.07) is 4.97. The zero-order valence-corrected chi connectivity index (χ0v) is 9.98. The number of aromatic nitrogens is 4. The summed E-state index contributed by atoms with van der Waals surface area (Å²) >= 11 is 11.8. The van der Waals surface area contributed by atoms with Crippen LogP contribution >= 0.6 is 23.2 Å². The fraction of sp³-hybridized carbons (Fsp3) is 0.111. The number of halogens is 2. The molecule has 17 heavy (non-hydrogen) atoms. The molecule has 2 rings (SSSR count). The standard InChI is InChI=1S/C9H7Cl2N5O/c10-6-2-1-3-7(11)9(6)13-8(17)4-16-5-12-14-15-16/h1-3,5H,4H2,(H,13,17). The highest BCUT2D eigenvalue weighted by molar-refractivity contribution is 6.39. The zero-order chi connectivity index (χ0) is 12.3. The van der Waals surface area contributed by atoms with Crippen LogP contribution < -0.4 is 5.32 Å². The van der Waals surface area contributed by atoms with Gasteiger partial charge in [-0.2, -0.15) is 0 Å². The van der Waals surface area contributed by atoms with Gasteiger partial charge in [0.2, 0.25) is 5.91 Å². The molecule has 0 fully saturated rings. The molecule has 1 N–H and O–H groups in total. The number of amides is 1. The van der Waals surface area contributed by atoms with Crippen molar-refractivity contribution < 1.29 is 4.79 Å². The number of carbonyl (C=O) groups excluding carboxylic acids is 1. The summed E-state index contributed by atoms with van der Waals surface area (Å²) in [6.07, 6.45) is 1.34. The first-order chi connectivity index (χ1) is 8.16. The van der Waals surface area contributed by atoms with Crippen LogP contribution in [0.3, 0.4) is 0 Å². The lowest BCUT2D eigenvalue weighted by Gasteiger charge is -2.08. The molecule has 0 atom stereocenters. The number of para-hydroxylation sites is 1. The van der Waals surface area contributed by atoms with Gasteiger partial charge in [0.1, 0.15) is 12.9 Å². The van der Waals surface area contributed by atoms with Crippen LogP contribution in [0, 0.1) is 0 Å². The number of carbonyl (C=O) groups is 1. The fourth-order valence-corrected chi connectivity index (χ4v) is 1.69. The Morgan fingerprint density at radius 2 is 2.06 bits per heavy atom. The van der Waals surface area contributed by atoms with Crippen LogP contribution in [0.4, 0.5) is 5.69 Å². The van der Waals surface area contributed by atoms with Gasteiger partial charge in [-0.25, -0.2) is 4.68 Å². The van der Waals surface area contributed by atoms with Gasteiger partial charge >= 0.3 is 0 Å². The number of anilines is 1. The van der Waals surface area contributed by atoms with Gasteiger partial charge in [0.15, 0.2) is 0 Å². The van der Waals surface area contributed by atoms with E-state index in [1.54, 1.807) is 18.2 Å². The number of hydrogen-bond donors (Lipinski definition) is 1. The molecule has 6 nitrogen and oxygen atoms in total.